The van der Waals surface area contributed by atoms with Gasteiger partial charge in [-0.2, -0.15) is 0 Å². The van der Waals surface area contributed by atoms with Gasteiger partial charge in [-0.15, -0.1) is 0 Å². The molecule has 7 heteroatoms. The molecule has 1 fully saturated rings. The molecule has 0 atom stereocenters. The van der Waals surface area contributed by atoms with E-state index in [0.717, 1.165) is 24.8 Å². The lowest BCUT2D eigenvalue weighted by Crippen LogP contribution is -2.46. The summed E-state index contributed by atoms with van der Waals surface area (Å²) in [4.78, 5) is 14.4. The van der Waals surface area contributed by atoms with E-state index in [1.807, 2.05) is 12.1 Å². The first-order valence-electron chi connectivity index (χ1n) is 9.50. The lowest BCUT2D eigenvalue weighted by Gasteiger charge is -2.31. The Bertz CT molecular complexity index is 913. The summed E-state index contributed by atoms with van der Waals surface area (Å²) in [5, 5.41) is 0. The average Bonchev–Trinajstić information content (AvgIpc) is 3.22. The first kappa shape index (κ1) is 18.3. The van der Waals surface area contributed by atoms with E-state index in [2.05, 4.69) is 4.72 Å². The number of furan rings is 1. The van der Waals surface area contributed by atoms with E-state index in [1.165, 1.54) is 18.2 Å². The fraction of sp³-hybridized carbons (Fsp3) is 0.450. The van der Waals surface area contributed by atoms with Crippen molar-refractivity contribution in [2.24, 2.45) is 0 Å². The van der Waals surface area contributed by atoms with Crippen molar-refractivity contribution in [1.82, 2.24) is 9.62 Å². The van der Waals surface area contributed by atoms with E-state index in [0.29, 0.717) is 36.6 Å². The second-order valence-corrected chi connectivity index (χ2v) is 9.02. The lowest BCUT2D eigenvalue weighted by molar-refractivity contribution is 0.0679. The number of benzene rings is 1. The maximum Gasteiger partial charge on any atom is 0.289 e. The van der Waals surface area contributed by atoms with Crippen LogP contribution in [0.5, 0.6) is 0 Å². The molecular formula is C20H24N2O4S. The van der Waals surface area contributed by atoms with Gasteiger partial charge in [-0.1, -0.05) is 6.07 Å². The number of likely N-dealkylation sites (tertiary alicyclic amines) is 1. The number of carbonyl (C=O) groups excluding carboxylic acids is 1. The Morgan fingerprint density at radius 1 is 1.07 bits per heavy atom. The third kappa shape index (κ3) is 3.94. The SMILES string of the molecule is O=C(c1ccco1)N1CCC(NS(=O)(=O)c2ccc3c(c2)CCCC3)CC1. The fourth-order valence-electron chi connectivity index (χ4n) is 3.92. The van der Waals surface area contributed by atoms with E-state index < -0.39 is 10.0 Å². The Morgan fingerprint density at radius 3 is 2.52 bits per heavy atom. The largest absolute Gasteiger partial charge is 0.459 e. The van der Waals surface area contributed by atoms with Crippen LogP contribution >= 0.6 is 0 Å². The number of hydrogen-bond acceptors (Lipinski definition) is 4. The summed E-state index contributed by atoms with van der Waals surface area (Å²) in [5.74, 6) is 0.180. The smallest absolute Gasteiger partial charge is 0.289 e. The minimum absolute atomic E-state index is 0.143. The molecule has 0 unspecified atom stereocenters. The van der Waals surface area contributed by atoms with Gasteiger partial charge < -0.3 is 9.32 Å². The van der Waals surface area contributed by atoms with Gasteiger partial charge in [-0.3, -0.25) is 4.79 Å². The maximum absolute atomic E-state index is 12.8. The number of sulfonamides is 1. The Balaban J connectivity index is 1.39. The Labute approximate surface area is 159 Å². The molecule has 1 N–H and O–H groups in total. The van der Waals surface area contributed by atoms with Crippen LogP contribution in [0.2, 0.25) is 0 Å². The third-order valence-corrected chi connectivity index (χ3v) is 6.98. The van der Waals surface area contributed by atoms with Crippen molar-refractivity contribution in [1.29, 1.82) is 0 Å². The predicted octanol–water partition coefficient (Wildman–Crippen LogP) is 2.74. The number of hydrogen-bond donors (Lipinski definition) is 1. The molecule has 0 spiro atoms. The molecule has 2 heterocycles. The van der Waals surface area contributed by atoms with Crippen LogP contribution in [-0.2, 0) is 22.9 Å². The number of rotatable bonds is 4. The monoisotopic (exact) mass is 388 g/mol. The molecule has 1 saturated heterocycles. The molecule has 1 aromatic heterocycles. The van der Waals surface area contributed by atoms with Gasteiger partial charge >= 0.3 is 0 Å². The molecule has 1 aliphatic carbocycles. The zero-order valence-corrected chi connectivity index (χ0v) is 16.0. The molecule has 27 heavy (non-hydrogen) atoms. The number of aryl methyl sites for hydroxylation is 2. The van der Waals surface area contributed by atoms with Gasteiger partial charge in [0, 0.05) is 19.1 Å². The van der Waals surface area contributed by atoms with Crippen LogP contribution in [0.3, 0.4) is 0 Å². The van der Waals surface area contributed by atoms with Gasteiger partial charge in [0.2, 0.25) is 10.0 Å². The van der Waals surface area contributed by atoms with Crippen molar-refractivity contribution >= 4 is 15.9 Å². The average molecular weight is 388 g/mol. The van der Waals surface area contributed by atoms with Gasteiger partial charge in [-0.25, -0.2) is 13.1 Å². The summed E-state index contributed by atoms with van der Waals surface area (Å²) in [7, 11) is -3.55. The van der Waals surface area contributed by atoms with Crippen LogP contribution in [0, 0.1) is 0 Å². The van der Waals surface area contributed by atoms with Gasteiger partial charge in [0.15, 0.2) is 5.76 Å². The second kappa shape index (κ2) is 7.48. The van der Waals surface area contributed by atoms with E-state index in [-0.39, 0.29) is 11.9 Å². The highest BCUT2D eigenvalue weighted by Crippen LogP contribution is 2.25. The van der Waals surface area contributed by atoms with Crippen molar-refractivity contribution in [3.05, 3.63) is 53.5 Å². The minimum Gasteiger partial charge on any atom is -0.459 e. The Kier molecular flexibility index (Phi) is 5.06. The molecule has 1 amide bonds. The highest BCUT2D eigenvalue weighted by atomic mass is 32.2. The zero-order valence-electron chi connectivity index (χ0n) is 15.2. The molecule has 0 saturated carbocycles. The summed E-state index contributed by atoms with van der Waals surface area (Å²) < 4.78 is 33.5. The number of piperidine rings is 1. The van der Waals surface area contributed by atoms with Crippen molar-refractivity contribution in [2.75, 3.05) is 13.1 Å². The number of carbonyl (C=O) groups is 1. The first-order chi connectivity index (χ1) is 13.0. The van der Waals surface area contributed by atoms with E-state index in [9.17, 15) is 13.2 Å². The van der Waals surface area contributed by atoms with Gasteiger partial charge in [0.25, 0.3) is 5.91 Å². The van der Waals surface area contributed by atoms with Crippen LogP contribution in [-0.4, -0.2) is 38.4 Å². The molecule has 0 radical (unpaired) electrons. The summed E-state index contributed by atoms with van der Waals surface area (Å²) in [5.41, 5.74) is 2.42. The van der Waals surface area contributed by atoms with Gasteiger partial charge in [0.1, 0.15) is 0 Å². The minimum atomic E-state index is -3.55. The molecular weight excluding hydrogens is 364 g/mol. The van der Waals surface area contributed by atoms with Crippen LogP contribution in [0.4, 0.5) is 0 Å². The molecule has 0 bridgehead atoms. The number of nitrogens with zero attached hydrogens (tertiary/aromatic N) is 1. The van der Waals surface area contributed by atoms with E-state index in [4.69, 9.17) is 4.42 Å². The first-order valence-corrected chi connectivity index (χ1v) is 11.0. The van der Waals surface area contributed by atoms with Gasteiger partial charge in [0.05, 0.1) is 11.2 Å². The van der Waals surface area contributed by atoms with Crippen molar-refractivity contribution in [3.8, 4) is 0 Å². The van der Waals surface area contributed by atoms with E-state index >= 15 is 0 Å². The third-order valence-electron chi connectivity index (χ3n) is 5.47. The van der Waals surface area contributed by atoms with Crippen molar-refractivity contribution in [2.45, 2.75) is 49.5 Å². The molecule has 1 aliphatic heterocycles. The molecule has 2 aliphatic rings. The quantitative estimate of drug-likeness (QED) is 0.873. The van der Waals surface area contributed by atoms with Crippen LogP contribution in [0.25, 0.3) is 0 Å². The molecule has 6 nitrogen and oxygen atoms in total. The fourth-order valence-corrected chi connectivity index (χ4v) is 5.28. The van der Waals surface area contributed by atoms with Crippen molar-refractivity contribution in [3.63, 3.8) is 0 Å². The summed E-state index contributed by atoms with van der Waals surface area (Å²) in [6.45, 7) is 1.02. The summed E-state index contributed by atoms with van der Waals surface area (Å²) >= 11 is 0. The summed E-state index contributed by atoms with van der Waals surface area (Å²) in [6, 6.07) is 8.66. The van der Waals surface area contributed by atoms with Crippen LogP contribution < -0.4 is 4.72 Å². The predicted molar refractivity (Wildman–Crippen MR) is 101 cm³/mol. The highest BCUT2D eigenvalue weighted by molar-refractivity contribution is 7.89. The molecule has 4 rings (SSSR count). The Hall–Kier alpha value is -2.12. The van der Waals surface area contributed by atoms with Crippen molar-refractivity contribution < 1.29 is 17.6 Å². The standard InChI is InChI=1S/C20H24N2O4S/c23-20(19-6-3-13-26-19)22-11-9-17(10-12-22)21-27(24,25)18-8-7-15-4-1-2-5-16(15)14-18/h3,6-8,13-14,17,21H,1-2,4-5,9-12H2. The lowest BCUT2D eigenvalue weighted by atomic mass is 9.92. The normalized spacial score (nSPS) is 18.3. The topological polar surface area (TPSA) is 79.6 Å². The number of nitrogens with one attached hydrogen (secondary N) is 1. The highest BCUT2D eigenvalue weighted by Gasteiger charge is 2.28. The molecule has 2 aromatic rings. The summed E-state index contributed by atoms with van der Waals surface area (Å²) in [6.07, 6.45) is 6.94. The second-order valence-electron chi connectivity index (χ2n) is 7.30. The Morgan fingerprint density at radius 2 is 1.81 bits per heavy atom. The van der Waals surface area contributed by atoms with Crippen LogP contribution in [0.15, 0.2) is 45.9 Å². The molecule has 144 valence electrons. The number of fused-ring (bicyclic) bond motifs is 1. The molecule has 1 aromatic carbocycles. The number of amides is 1. The van der Waals surface area contributed by atoms with Crippen LogP contribution in [0.1, 0.15) is 47.4 Å². The van der Waals surface area contributed by atoms with E-state index in [1.54, 1.807) is 23.1 Å². The van der Waals surface area contributed by atoms with Gasteiger partial charge in [-0.05, 0) is 73.9 Å². The zero-order chi connectivity index (χ0) is 18.9. The maximum atomic E-state index is 12.8.